The van der Waals surface area contributed by atoms with Gasteiger partial charge < -0.3 is 14.2 Å². The van der Waals surface area contributed by atoms with E-state index in [1.807, 2.05) is 41.5 Å². The Morgan fingerprint density at radius 1 is 0.810 bits per heavy atom. The van der Waals surface area contributed by atoms with Crippen LogP contribution in [0.1, 0.15) is 58.8 Å². The van der Waals surface area contributed by atoms with E-state index < -0.39 is 0 Å². The summed E-state index contributed by atoms with van der Waals surface area (Å²) in [5.41, 5.74) is 0.466. The van der Waals surface area contributed by atoms with Crippen LogP contribution < -0.4 is 14.2 Å². The Morgan fingerprint density at radius 2 is 1.19 bits per heavy atom. The van der Waals surface area contributed by atoms with Crippen LogP contribution in [0, 0.1) is 0 Å². The number of rotatable bonds is 7. The molecule has 0 spiro atoms. The fraction of sp³-hybridized carbons (Fsp3) is 0.588. The molecule has 0 aromatic heterocycles. The second-order valence-electron chi connectivity index (χ2n) is 5.85. The van der Waals surface area contributed by atoms with Crippen LogP contribution >= 0.6 is 0 Å². The van der Waals surface area contributed by atoms with Crippen molar-refractivity contribution in [1.29, 1.82) is 0 Å². The first kappa shape index (κ1) is 17.3. The first-order valence-electron chi connectivity index (χ1n) is 7.39. The molecule has 0 aliphatic carbocycles. The van der Waals surface area contributed by atoms with Crippen molar-refractivity contribution in [2.75, 3.05) is 0 Å². The molecule has 4 heteroatoms. The van der Waals surface area contributed by atoms with Gasteiger partial charge in [0.2, 0.25) is 0 Å². The standard InChI is InChI=1S/C17H26O4/c1-10(2)19-14-8-15(20-11(3)4)17(13(7)18)16(9-14)21-12(5)6/h8-12H,1-7H3. The molecule has 0 atom stereocenters. The molecule has 0 radical (unpaired) electrons. The minimum atomic E-state index is -0.0857. The molecule has 118 valence electrons. The number of Topliss-reactive ketones (excluding diaryl/α,β-unsaturated/α-hetero) is 1. The summed E-state index contributed by atoms with van der Waals surface area (Å²) in [7, 11) is 0. The van der Waals surface area contributed by atoms with Gasteiger partial charge in [-0.1, -0.05) is 0 Å². The van der Waals surface area contributed by atoms with Gasteiger partial charge in [0.05, 0.1) is 18.3 Å². The molecule has 0 bridgehead atoms. The molecule has 0 aliphatic rings. The Bertz CT molecular complexity index is 459. The average molecular weight is 294 g/mol. The van der Waals surface area contributed by atoms with Gasteiger partial charge >= 0.3 is 0 Å². The van der Waals surface area contributed by atoms with Gasteiger partial charge in [-0.3, -0.25) is 4.79 Å². The van der Waals surface area contributed by atoms with Gasteiger partial charge in [0.25, 0.3) is 0 Å². The average Bonchev–Trinajstić information content (AvgIpc) is 2.24. The second-order valence-corrected chi connectivity index (χ2v) is 5.85. The summed E-state index contributed by atoms with van der Waals surface area (Å²) < 4.78 is 17.3. The number of carbonyl (C=O) groups is 1. The molecule has 4 nitrogen and oxygen atoms in total. The predicted octanol–water partition coefficient (Wildman–Crippen LogP) is 4.25. The summed E-state index contributed by atoms with van der Waals surface area (Å²) in [5.74, 6) is 1.57. The highest BCUT2D eigenvalue weighted by Crippen LogP contribution is 2.36. The van der Waals surface area contributed by atoms with Crippen LogP contribution in [-0.4, -0.2) is 24.1 Å². The number of carbonyl (C=O) groups excluding carboxylic acids is 1. The van der Waals surface area contributed by atoms with Gasteiger partial charge in [0.1, 0.15) is 22.8 Å². The van der Waals surface area contributed by atoms with Crippen LogP contribution in [0.4, 0.5) is 0 Å². The van der Waals surface area contributed by atoms with Crippen LogP contribution in [0.15, 0.2) is 12.1 Å². The number of benzene rings is 1. The zero-order valence-corrected chi connectivity index (χ0v) is 14.0. The lowest BCUT2D eigenvalue weighted by atomic mass is 10.1. The van der Waals surface area contributed by atoms with E-state index in [0.29, 0.717) is 22.8 Å². The summed E-state index contributed by atoms with van der Waals surface area (Å²) in [4.78, 5) is 12.0. The van der Waals surface area contributed by atoms with E-state index in [2.05, 4.69) is 0 Å². The van der Waals surface area contributed by atoms with Crippen LogP contribution in [0.5, 0.6) is 17.2 Å². The maximum absolute atomic E-state index is 12.0. The summed E-state index contributed by atoms with van der Waals surface area (Å²) in [6.45, 7) is 13.1. The molecule has 0 heterocycles. The third kappa shape index (κ3) is 5.29. The van der Waals surface area contributed by atoms with Crippen molar-refractivity contribution in [1.82, 2.24) is 0 Å². The van der Waals surface area contributed by atoms with E-state index in [1.165, 1.54) is 6.92 Å². The number of hydrogen-bond acceptors (Lipinski definition) is 4. The molecule has 1 aromatic rings. The van der Waals surface area contributed by atoms with Crippen LogP contribution in [0.3, 0.4) is 0 Å². The van der Waals surface area contributed by atoms with Crippen LogP contribution in [0.25, 0.3) is 0 Å². The summed E-state index contributed by atoms with van der Waals surface area (Å²) in [6, 6.07) is 3.51. The quantitative estimate of drug-likeness (QED) is 0.705. The van der Waals surface area contributed by atoms with E-state index in [9.17, 15) is 4.79 Å². The van der Waals surface area contributed by atoms with Gasteiger partial charge in [-0.2, -0.15) is 0 Å². The van der Waals surface area contributed by atoms with Crippen molar-refractivity contribution in [3.8, 4) is 17.2 Å². The van der Waals surface area contributed by atoms with Gasteiger partial charge in [0, 0.05) is 12.1 Å². The Kier molecular flexibility index (Phi) is 6.06. The molecular formula is C17H26O4. The zero-order valence-electron chi connectivity index (χ0n) is 14.0. The number of ketones is 1. The highest BCUT2D eigenvalue weighted by Gasteiger charge is 2.20. The molecular weight excluding hydrogens is 268 g/mol. The van der Waals surface area contributed by atoms with Crippen LogP contribution in [0.2, 0.25) is 0 Å². The molecule has 1 rings (SSSR count). The molecule has 0 N–H and O–H groups in total. The molecule has 21 heavy (non-hydrogen) atoms. The van der Waals surface area contributed by atoms with Crippen molar-refractivity contribution in [3.63, 3.8) is 0 Å². The van der Waals surface area contributed by atoms with E-state index in [1.54, 1.807) is 12.1 Å². The Labute approximate surface area is 127 Å². The van der Waals surface area contributed by atoms with Crippen molar-refractivity contribution >= 4 is 5.78 Å². The molecule has 0 unspecified atom stereocenters. The minimum absolute atomic E-state index is 0.0342. The minimum Gasteiger partial charge on any atom is -0.491 e. The normalized spacial score (nSPS) is 11.1. The highest BCUT2D eigenvalue weighted by atomic mass is 16.5. The monoisotopic (exact) mass is 294 g/mol. The smallest absolute Gasteiger partial charge is 0.167 e. The SMILES string of the molecule is CC(=O)c1c(OC(C)C)cc(OC(C)C)cc1OC(C)C. The second kappa shape index (κ2) is 7.34. The lowest BCUT2D eigenvalue weighted by Crippen LogP contribution is -2.14. The molecule has 0 aliphatic heterocycles. The van der Waals surface area contributed by atoms with Gasteiger partial charge in [-0.15, -0.1) is 0 Å². The molecule has 1 aromatic carbocycles. The number of hydrogen-bond donors (Lipinski definition) is 0. The van der Waals surface area contributed by atoms with Crippen LogP contribution in [-0.2, 0) is 0 Å². The maximum atomic E-state index is 12.0. The Balaban J connectivity index is 3.37. The number of ether oxygens (including phenoxy) is 3. The van der Waals surface area contributed by atoms with Crippen molar-refractivity contribution in [2.24, 2.45) is 0 Å². The molecule has 0 saturated heterocycles. The van der Waals surface area contributed by atoms with Crippen molar-refractivity contribution in [2.45, 2.75) is 66.8 Å². The van der Waals surface area contributed by atoms with Crippen molar-refractivity contribution < 1.29 is 19.0 Å². The molecule has 0 fully saturated rings. The fourth-order valence-electron chi connectivity index (χ4n) is 1.95. The topological polar surface area (TPSA) is 44.8 Å². The summed E-state index contributed by atoms with van der Waals surface area (Å²) >= 11 is 0. The van der Waals surface area contributed by atoms with Gasteiger partial charge in [-0.25, -0.2) is 0 Å². The largest absolute Gasteiger partial charge is 0.491 e. The molecule has 0 saturated carbocycles. The van der Waals surface area contributed by atoms with E-state index in [0.717, 1.165) is 0 Å². The van der Waals surface area contributed by atoms with Crippen molar-refractivity contribution in [3.05, 3.63) is 17.7 Å². The first-order valence-corrected chi connectivity index (χ1v) is 7.39. The Morgan fingerprint density at radius 3 is 1.48 bits per heavy atom. The molecule has 0 amide bonds. The first-order chi connectivity index (χ1) is 9.70. The lowest BCUT2D eigenvalue weighted by Gasteiger charge is -2.20. The van der Waals surface area contributed by atoms with E-state index >= 15 is 0 Å². The maximum Gasteiger partial charge on any atom is 0.167 e. The zero-order chi connectivity index (χ0) is 16.2. The third-order valence-corrected chi connectivity index (χ3v) is 2.49. The predicted molar refractivity (Wildman–Crippen MR) is 83.7 cm³/mol. The van der Waals surface area contributed by atoms with E-state index in [-0.39, 0.29) is 24.1 Å². The highest BCUT2D eigenvalue weighted by molar-refractivity contribution is 6.00. The Hall–Kier alpha value is -1.71. The summed E-state index contributed by atoms with van der Waals surface area (Å²) in [6.07, 6.45) is -0.0411. The lowest BCUT2D eigenvalue weighted by molar-refractivity contribution is 0.100. The summed E-state index contributed by atoms with van der Waals surface area (Å²) in [5, 5.41) is 0. The van der Waals surface area contributed by atoms with E-state index in [4.69, 9.17) is 14.2 Å². The fourth-order valence-corrected chi connectivity index (χ4v) is 1.95. The third-order valence-electron chi connectivity index (χ3n) is 2.49. The van der Waals surface area contributed by atoms with Gasteiger partial charge in [0.15, 0.2) is 5.78 Å². The van der Waals surface area contributed by atoms with Gasteiger partial charge in [-0.05, 0) is 48.5 Å².